The number of aryl methyl sites for hydroxylation is 1. The lowest BCUT2D eigenvalue weighted by Gasteiger charge is -2.34. The van der Waals surface area contributed by atoms with E-state index >= 15 is 0 Å². The molecule has 1 saturated heterocycles. The van der Waals surface area contributed by atoms with Crippen LogP contribution in [0.2, 0.25) is 0 Å². The number of benzene rings is 4. The highest BCUT2D eigenvalue weighted by Gasteiger charge is 2.24. The largest absolute Gasteiger partial charge is 0.339 e. The van der Waals surface area contributed by atoms with Gasteiger partial charge in [-0.05, 0) is 45.2 Å². The number of carbonyl (C=O) groups excluding carboxylic acids is 1. The summed E-state index contributed by atoms with van der Waals surface area (Å²) >= 11 is 0. The van der Waals surface area contributed by atoms with Crippen molar-refractivity contribution in [2.75, 3.05) is 19.6 Å². The molecule has 1 aliphatic rings. The molecule has 1 fully saturated rings. The van der Waals surface area contributed by atoms with Crippen molar-refractivity contribution in [2.24, 2.45) is 0 Å². The average molecular weight is 489 g/mol. The van der Waals surface area contributed by atoms with Gasteiger partial charge in [0.2, 0.25) is 17.6 Å². The van der Waals surface area contributed by atoms with E-state index in [9.17, 15) is 4.79 Å². The molecule has 6 nitrogen and oxygen atoms in total. The van der Waals surface area contributed by atoms with Gasteiger partial charge in [0.1, 0.15) is 0 Å². The molecule has 5 aromatic rings. The normalized spacial score (nSPS) is 14.4. The number of nitrogens with zero attached hydrogens (tertiary/aromatic N) is 4. The summed E-state index contributed by atoms with van der Waals surface area (Å²) in [5.74, 6) is 1.33. The maximum Gasteiger partial charge on any atom is 0.237 e. The van der Waals surface area contributed by atoms with Crippen molar-refractivity contribution < 1.29 is 9.32 Å². The Labute approximate surface area is 216 Å². The van der Waals surface area contributed by atoms with Gasteiger partial charge in [0.25, 0.3) is 0 Å². The molecule has 0 atom stereocenters. The van der Waals surface area contributed by atoms with E-state index in [0.717, 1.165) is 41.5 Å². The number of carbonyl (C=O) groups is 1. The van der Waals surface area contributed by atoms with Gasteiger partial charge in [0.05, 0.1) is 6.54 Å². The highest BCUT2D eigenvalue weighted by atomic mass is 16.5. The third-order valence-corrected chi connectivity index (χ3v) is 6.93. The summed E-state index contributed by atoms with van der Waals surface area (Å²) in [6, 6.07) is 31.5. The fourth-order valence-corrected chi connectivity index (χ4v) is 4.92. The molecule has 4 aromatic carbocycles. The number of hydrogen-bond acceptors (Lipinski definition) is 5. The molecule has 6 rings (SSSR count). The van der Waals surface area contributed by atoms with Crippen molar-refractivity contribution in [3.63, 3.8) is 0 Å². The fourth-order valence-electron chi connectivity index (χ4n) is 4.92. The van der Waals surface area contributed by atoms with Crippen LogP contribution in [0.1, 0.15) is 17.0 Å². The van der Waals surface area contributed by atoms with Crippen molar-refractivity contribution >= 4 is 16.7 Å². The minimum Gasteiger partial charge on any atom is -0.339 e. The third-order valence-electron chi connectivity index (χ3n) is 6.93. The number of piperazine rings is 1. The Hall–Kier alpha value is -4.29. The number of aromatic nitrogens is 2. The second kappa shape index (κ2) is 9.99. The van der Waals surface area contributed by atoms with E-state index in [-0.39, 0.29) is 5.91 Å². The first-order chi connectivity index (χ1) is 18.1. The first-order valence-corrected chi connectivity index (χ1v) is 12.6. The van der Waals surface area contributed by atoms with Crippen LogP contribution in [0.15, 0.2) is 95.5 Å². The van der Waals surface area contributed by atoms with Crippen LogP contribution in [0.4, 0.5) is 0 Å². The predicted octanol–water partition coefficient (Wildman–Crippen LogP) is 5.71. The summed E-state index contributed by atoms with van der Waals surface area (Å²) in [5, 5.41) is 6.32. The molecule has 2 heterocycles. The van der Waals surface area contributed by atoms with Crippen molar-refractivity contribution in [3.05, 3.63) is 108 Å². The van der Waals surface area contributed by atoms with Gasteiger partial charge >= 0.3 is 0 Å². The van der Waals surface area contributed by atoms with E-state index in [1.54, 1.807) is 6.92 Å². The van der Waals surface area contributed by atoms with Gasteiger partial charge in [0.15, 0.2) is 0 Å². The van der Waals surface area contributed by atoms with E-state index in [1.807, 2.05) is 29.2 Å². The summed E-state index contributed by atoms with van der Waals surface area (Å²) in [5.41, 5.74) is 5.67. The van der Waals surface area contributed by atoms with E-state index in [0.29, 0.717) is 24.8 Å². The second-order valence-electron chi connectivity index (χ2n) is 9.62. The highest BCUT2D eigenvalue weighted by molar-refractivity contribution is 5.87. The molecular weight excluding hydrogens is 460 g/mol. The summed E-state index contributed by atoms with van der Waals surface area (Å²) in [4.78, 5) is 21.5. The van der Waals surface area contributed by atoms with Crippen molar-refractivity contribution in [1.29, 1.82) is 0 Å². The lowest BCUT2D eigenvalue weighted by atomic mass is 10.0. The van der Waals surface area contributed by atoms with E-state index < -0.39 is 0 Å². The number of fused-ring (bicyclic) bond motifs is 1. The zero-order valence-electron chi connectivity index (χ0n) is 20.8. The molecule has 6 heteroatoms. The van der Waals surface area contributed by atoms with Crippen LogP contribution < -0.4 is 0 Å². The highest BCUT2D eigenvalue weighted by Crippen LogP contribution is 2.25. The van der Waals surface area contributed by atoms with Crippen LogP contribution in [0.5, 0.6) is 0 Å². The smallest absolute Gasteiger partial charge is 0.237 e. The van der Waals surface area contributed by atoms with Crippen LogP contribution in [0, 0.1) is 6.92 Å². The monoisotopic (exact) mass is 488 g/mol. The van der Waals surface area contributed by atoms with Crippen LogP contribution >= 0.6 is 0 Å². The Bertz CT molecular complexity index is 1540. The van der Waals surface area contributed by atoms with Gasteiger partial charge in [-0.1, -0.05) is 84.0 Å². The lowest BCUT2D eigenvalue weighted by molar-refractivity contribution is -0.136. The SMILES string of the molecule is Cc1nc(-c2ccc3ccc(CN4CCN(Cc5ccc(-c6ccccc6)cc5)C(=O)C4)cc3c2)no1. The molecular formula is C31H28N4O2. The van der Waals surface area contributed by atoms with Gasteiger partial charge in [-0.15, -0.1) is 0 Å². The quantitative estimate of drug-likeness (QED) is 0.306. The Morgan fingerprint density at radius 3 is 2.24 bits per heavy atom. The van der Waals surface area contributed by atoms with Crippen LogP contribution in [0.3, 0.4) is 0 Å². The van der Waals surface area contributed by atoms with Gasteiger partial charge in [-0.2, -0.15) is 4.98 Å². The van der Waals surface area contributed by atoms with Crippen LogP contribution in [-0.4, -0.2) is 45.5 Å². The lowest BCUT2D eigenvalue weighted by Crippen LogP contribution is -2.49. The van der Waals surface area contributed by atoms with Gasteiger partial charge in [0, 0.05) is 38.7 Å². The van der Waals surface area contributed by atoms with Crippen molar-refractivity contribution in [3.8, 4) is 22.5 Å². The Kier molecular flexibility index (Phi) is 6.25. The molecule has 0 radical (unpaired) electrons. The Morgan fingerprint density at radius 2 is 1.49 bits per heavy atom. The third kappa shape index (κ3) is 5.15. The minimum atomic E-state index is 0.175. The molecule has 1 aromatic heterocycles. The summed E-state index contributed by atoms with van der Waals surface area (Å²) in [6.07, 6.45) is 0. The maximum atomic E-state index is 13.0. The predicted molar refractivity (Wildman–Crippen MR) is 145 cm³/mol. The summed E-state index contributed by atoms with van der Waals surface area (Å²) in [6.45, 7) is 5.20. The van der Waals surface area contributed by atoms with Gasteiger partial charge in [-0.3, -0.25) is 9.69 Å². The minimum absolute atomic E-state index is 0.175. The Balaban J connectivity index is 1.09. The van der Waals surface area contributed by atoms with E-state index in [1.165, 1.54) is 16.7 Å². The first kappa shape index (κ1) is 23.1. The molecule has 0 spiro atoms. The van der Waals surface area contributed by atoms with E-state index in [2.05, 4.69) is 81.8 Å². The zero-order valence-corrected chi connectivity index (χ0v) is 20.8. The number of amides is 1. The maximum absolute atomic E-state index is 13.0. The molecule has 0 unspecified atom stereocenters. The van der Waals surface area contributed by atoms with E-state index in [4.69, 9.17) is 4.52 Å². The van der Waals surface area contributed by atoms with Gasteiger partial charge < -0.3 is 9.42 Å². The molecule has 1 aliphatic heterocycles. The number of rotatable bonds is 6. The van der Waals surface area contributed by atoms with Crippen LogP contribution in [0.25, 0.3) is 33.3 Å². The fraction of sp³-hybridized carbons (Fsp3) is 0.194. The standard InChI is InChI=1S/C31H28N4O2/c1-22-32-31(33-37-22)28-14-13-27-12-9-24(17-29(27)18-28)19-34-15-16-35(30(36)21-34)20-23-7-10-26(11-8-23)25-5-3-2-4-6-25/h2-14,17-18H,15-16,19-21H2,1H3. The van der Waals surface area contributed by atoms with Gasteiger partial charge in [-0.25, -0.2) is 0 Å². The second-order valence-corrected chi connectivity index (χ2v) is 9.62. The molecule has 0 saturated carbocycles. The van der Waals surface area contributed by atoms with Crippen molar-refractivity contribution in [2.45, 2.75) is 20.0 Å². The zero-order chi connectivity index (χ0) is 25.2. The first-order valence-electron chi connectivity index (χ1n) is 12.6. The molecule has 37 heavy (non-hydrogen) atoms. The molecule has 0 N–H and O–H groups in total. The molecule has 0 bridgehead atoms. The van der Waals surface area contributed by atoms with Crippen LogP contribution in [-0.2, 0) is 17.9 Å². The topological polar surface area (TPSA) is 62.5 Å². The molecule has 0 aliphatic carbocycles. The number of hydrogen-bond donors (Lipinski definition) is 0. The summed E-state index contributed by atoms with van der Waals surface area (Å²) in [7, 11) is 0. The molecule has 1 amide bonds. The molecule has 184 valence electrons. The van der Waals surface area contributed by atoms with Crippen molar-refractivity contribution in [1.82, 2.24) is 19.9 Å². The summed E-state index contributed by atoms with van der Waals surface area (Å²) < 4.78 is 5.13. The average Bonchev–Trinajstić information content (AvgIpc) is 3.37. The Morgan fingerprint density at radius 1 is 0.757 bits per heavy atom.